The molecule has 1 amide bonds. The molecule has 1 N–H and O–H groups in total. The molecule has 0 aliphatic carbocycles. The summed E-state index contributed by atoms with van der Waals surface area (Å²) >= 11 is 0. The van der Waals surface area contributed by atoms with Crippen molar-refractivity contribution in [1.29, 1.82) is 0 Å². The highest BCUT2D eigenvalue weighted by Gasteiger charge is 2.25. The van der Waals surface area contributed by atoms with E-state index in [1.165, 1.54) is 11.1 Å². The van der Waals surface area contributed by atoms with Crippen LogP contribution >= 0.6 is 0 Å². The standard InChI is InChI=1S/C23H25N3O3/c1-28-16-18-7-9-19(10-8-18)23(27)24-13-21-22-20(11-12-29-21)15-26(25-22)14-17-5-3-2-4-6-17/h2-10,15,21H,11-14,16H2,1H3,(H,24,27)/t21-/m0/s1. The molecule has 1 aromatic heterocycles. The molecule has 0 bridgehead atoms. The fourth-order valence-electron chi connectivity index (χ4n) is 3.54. The summed E-state index contributed by atoms with van der Waals surface area (Å²) in [6.45, 7) is 2.29. The Morgan fingerprint density at radius 3 is 2.72 bits per heavy atom. The smallest absolute Gasteiger partial charge is 0.251 e. The number of nitrogens with zero attached hydrogens (tertiary/aromatic N) is 2. The van der Waals surface area contributed by atoms with Crippen LogP contribution in [0.5, 0.6) is 0 Å². The Morgan fingerprint density at radius 2 is 1.97 bits per heavy atom. The summed E-state index contributed by atoms with van der Waals surface area (Å²) in [5.41, 5.74) is 4.97. The molecule has 4 rings (SSSR count). The molecule has 3 aromatic rings. The molecule has 1 aliphatic heterocycles. The van der Waals surface area contributed by atoms with Crippen molar-refractivity contribution in [1.82, 2.24) is 15.1 Å². The Bertz CT molecular complexity index is 951. The molecular weight excluding hydrogens is 366 g/mol. The van der Waals surface area contributed by atoms with Gasteiger partial charge in [-0.25, -0.2) is 0 Å². The van der Waals surface area contributed by atoms with Gasteiger partial charge in [-0.15, -0.1) is 0 Å². The van der Waals surface area contributed by atoms with Gasteiger partial charge in [-0.2, -0.15) is 5.10 Å². The van der Waals surface area contributed by atoms with E-state index in [9.17, 15) is 4.79 Å². The number of aromatic nitrogens is 2. The van der Waals surface area contributed by atoms with E-state index >= 15 is 0 Å². The quantitative estimate of drug-likeness (QED) is 0.672. The lowest BCUT2D eigenvalue weighted by molar-refractivity contribution is 0.0383. The van der Waals surface area contributed by atoms with Crippen molar-refractivity contribution in [2.75, 3.05) is 20.3 Å². The molecule has 2 heterocycles. The molecule has 0 fully saturated rings. The Hall–Kier alpha value is -2.96. The number of carbonyl (C=O) groups excluding carboxylic acids is 1. The average Bonchev–Trinajstić information content (AvgIpc) is 3.16. The van der Waals surface area contributed by atoms with Crippen molar-refractivity contribution in [3.05, 3.63) is 88.7 Å². The largest absolute Gasteiger partial charge is 0.380 e. The van der Waals surface area contributed by atoms with Gasteiger partial charge in [-0.3, -0.25) is 9.48 Å². The minimum atomic E-state index is -0.229. The fourth-order valence-corrected chi connectivity index (χ4v) is 3.54. The zero-order valence-electron chi connectivity index (χ0n) is 16.5. The second-order valence-corrected chi connectivity index (χ2v) is 7.17. The number of ether oxygens (including phenoxy) is 2. The number of rotatable bonds is 7. The zero-order valence-corrected chi connectivity index (χ0v) is 16.5. The summed E-state index contributed by atoms with van der Waals surface area (Å²) in [7, 11) is 1.65. The third-order valence-electron chi connectivity index (χ3n) is 5.03. The van der Waals surface area contributed by atoms with Crippen LogP contribution in [0.25, 0.3) is 0 Å². The van der Waals surface area contributed by atoms with Crippen LogP contribution in [0.4, 0.5) is 0 Å². The molecule has 2 aromatic carbocycles. The monoisotopic (exact) mass is 391 g/mol. The second-order valence-electron chi connectivity index (χ2n) is 7.17. The maximum atomic E-state index is 12.5. The lowest BCUT2D eigenvalue weighted by Crippen LogP contribution is -2.31. The Balaban J connectivity index is 1.39. The van der Waals surface area contributed by atoms with Gasteiger partial charge in [0.25, 0.3) is 5.91 Å². The molecule has 6 nitrogen and oxygen atoms in total. The molecule has 1 atom stereocenters. The van der Waals surface area contributed by atoms with Crippen LogP contribution in [-0.2, 0) is 29.0 Å². The SMILES string of the molecule is COCc1ccc(C(=O)NC[C@@H]2OCCc3cn(Cc4ccccc4)nc32)cc1. The van der Waals surface area contributed by atoms with E-state index in [1.807, 2.05) is 47.1 Å². The summed E-state index contributed by atoms with van der Waals surface area (Å²) in [6.07, 6.45) is 2.71. The van der Waals surface area contributed by atoms with Crippen molar-refractivity contribution < 1.29 is 14.3 Å². The first kappa shape index (κ1) is 19.4. The van der Waals surface area contributed by atoms with E-state index in [-0.39, 0.29) is 12.0 Å². The van der Waals surface area contributed by atoms with Crippen LogP contribution in [0.1, 0.15) is 38.8 Å². The van der Waals surface area contributed by atoms with Gasteiger partial charge in [-0.05, 0) is 35.2 Å². The van der Waals surface area contributed by atoms with Crippen LogP contribution in [0.15, 0.2) is 60.8 Å². The van der Waals surface area contributed by atoms with Gasteiger partial charge in [0.15, 0.2) is 0 Å². The third-order valence-corrected chi connectivity index (χ3v) is 5.03. The number of amides is 1. The van der Waals surface area contributed by atoms with Gasteiger partial charge < -0.3 is 14.8 Å². The van der Waals surface area contributed by atoms with E-state index in [4.69, 9.17) is 14.6 Å². The van der Waals surface area contributed by atoms with E-state index in [1.54, 1.807) is 7.11 Å². The topological polar surface area (TPSA) is 65.4 Å². The summed E-state index contributed by atoms with van der Waals surface area (Å²) in [5, 5.41) is 7.71. The van der Waals surface area contributed by atoms with Gasteiger partial charge in [0, 0.05) is 25.4 Å². The van der Waals surface area contributed by atoms with E-state index in [2.05, 4.69) is 23.6 Å². The van der Waals surface area contributed by atoms with E-state index < -0.39 is 0 Å². The summed E-state index contributed by atoms with van der Waals surface area (Å²) in [4.78, 5) is 12.5. The van der Waals surface area contributed by atoms with E-state index in [0.717, 1.165) is 24.2 Å². The number of hydrogen-bond donors (Lipinski definition) is 1. The van der Waals surface area contributed by atoms with Crippen molar-refractivity contribution >= 4 is 5.91 Å². The highest BCUT2D eigenvalue weighted by Crippen LogP contribution is 2.25. The number of methoxy groups -OCH3 is 1. The number of hydrogen-bond acceptors (Lipinski definition) is 4. The predicted molar refractivity (Wildman–Crippen MR) is 110 cm³/mol. The minimum absolute atomic E-state index is 0.117. The van der Waals surface area contributed by atoms with Crippen molar-refractivity contribution in [3.63, 3.8) is 0 Å². The third kappa shape index (κ3) is 4.72. The number of carbonyl (C=O) groups is 1. The average molecular weight is 391 g/mol. The molecule has 0 saturated heterocycles. The maximum absolute atomic E-state index is 12.5. The first-order chi connectivity index (χ1) is 14.2. The Morgan fingerprint density at radius 1 is 1.17 bits per heavy atom. The number of fused-ring (bicyclic) bond motifs is 1. The highest BCUT2D eigenvalue weighted by molar-refractivity contribution is 5.94. The molecule has 6 heteroatoms. The normalized spacial score (nSPS) is 15.7. The highest BCUT2D eigenvalue weighted by atomic mass is 16.5. The summed E-state index contributed by atoms with van der Waals surface area (Å²) in [6, 6.07) is 17.7. The van der Waals surface area contributed by atoms with Gasteiger partial charge in [-0.1, -0.05) is 42.5 Å². The van der Waals surface area contributed by atoms with Crippen molar-refractivity contribution in [2.24, 2.45) is 0 Å². The van der Waals surface area contributed by atoms with Gasteiger partial charge in [0.05, 0.1) is 25.5 Å². The van der Waals surface area contributed by atoms with Crippen molar-refractivity contribution in [2.45, 2.75) is 25.7 Å². The predicted octanol–water partition coefficient (Wildman–Crippen LogP) is 3.12. The van der Waals surface area contributed by atoms with Gasteiger partial charge >= 0.3 is 0 Å². The van der Waals surface area contributed by atoms with Gasteiger partial charge in [0.2, 0.25) is 0 Å². The Kier molecular flexibility index (Phi) is 6.03. The van der Waals surface area contributed by atoms with Crippen LogP contribution in [0.3, 0.4) is 0 Å². The number of nitrogens with one attached hydrogen (secondary N) is 1. The number of benzene rings is 2. The summed E-state index contributed by atoms with van der Waals surface area (Å²) < 4.78 is 13.0. The lowest BCUT2D eigenvalue weighted by atomic mass is 10.1. The van der Waals surface area contributed by atoms with Gasteiger partial charge in [0.1, 0.15) is 6.10 Å². The maximum Gasteiger partial charge on any atom is 0.251 e. The molecule has 29 heavy (non-hydrogen) atoms. The summed E-state index contributed by atoms with van der Waals surface area (Å²) in [5.74, 6) is -0.117. The van der Waals surface area contributed by atoms with Crippen LogP contribution < -0.4 is 5.32 Å². The molecule has 0 unspecified atom stereocenters. The zero-order chi connectivity index (χ0) is 20.1. The minimum Gasteiger partial charge on any atom is -0.380 e. The molecule has 0 spiro atoms. The molecule has 0 radical (unpaired) electrons. The van der Waals surface area contributed by atoms with Crippen molar-refractivity contribution in [3.8, 4) is 0 Å². The molecule has 150 valence electrons. The fraction of sp³-hybridized carbons (Fsp3) is 0.304. The van der Waals surface area contributed by atoms with Crippen LogP contribution in [0, 0.1) is 0 Å². The first-order valence-corrected chi connectivity index (χ1v) is 9.81. The van der Waals surface area contributed by atoms with Crippen LogP contribution in [0.2, 0.25) is 0 Å². The lowest BCUT2D eigenvalue weighted by Gasteiger charge is -2.22. The molecular formula is C23H25N3O3. The molecule has 1 aliphatic rings. The second kappa shape index (κ2) is 9.03. The Labute approximate surface area is 170 Å². The molecule has 0 saturated carbocycles. The first-order valence-electron chi connectivity index (χ1n) is 9.81. The van der Waals surface area contributed by atoms with Crippen LogP contribution in [-0.4, -0.2) is 35.9 Å². The van der Waals surface area contributed by atoms with E-state index in [0.29, 0.717) is 25.3 Å².